The molecule has 0 aromatic carbocycles. The van der Waals surface area contributed by atoms with Crippen molar-refractivity contribution in [3.63, 3.8) is 0 Å². The zero-order chi connectivity index (χ0) is 13.1. The Morgan fingerprint density at radius 2 is 2.24 bits per heavy atom. The molecule has 0 saturated carbocycles. The molecule has 1 rings (SSSR count). The summed E-state index contributed by atoms with van der Waals surface area (Å²) >= 11 is 0. The van der Waals surface area contributed by atoms with Crippen molar-refractivity contribution in [3.8, 4) is 0 Å². The fourth-order valence-corrected chi connectivity index (χ4v) is 2.25. The van der Waals surface area contributed by atoms with Gasteiger partial charge in [0.2, 0.25) is 0 Å². The maximum Gasteiger partial charge on any atom is 0.280 e. The molecule has 0 aliphatic heterocycles. The second-order valence-electron chi connectivity index (χ2n) is 4.15. The van der Waals surface area contributed by atoms with Crippen LogP contribution in [-0.2, 0) is 15.6 Å². The van der Waals surface area contributed by atoms with Gasteiger partial charge in [0.05, 0.1) is 0 Å². The van der Waals surface area contributed by atoms with Gasteiger partial charge >= 0.3 is 0 Å². The van der Waals surface area contributed by atoms with Crippen LogP contribution in [0.25, 0.3) is 0 Å². The maximum absolute atomic E-state index is 11.2. The van der Waals surface area contributed by atoms with Crippen LogP contribution in [-0.4, -0.2) is 18.0 Å². The second-order valence-corrected chi connectivity index (χ2v) is 6.67. The molecule has 1 aromatic heterocycles. The molecule has 0 bridgehead atoms. The van der Waals surface area contributed by atoms with Crippen LogP contribution in [0.15, 0.2) is 23.9 Å². The summed E-state index contributed by atoms with van der Waals surface area (Å²) in [5, 5.41) is -0.0681. The molecule has 1 aromatic rings. The number of halogens is 1. The van der Waals surface area contributed by atoms with Gasteiger partial charge in [0.15, 0.2) is 5.03 Å². The Balaban J connectivity index is 3.01. The van der Waals surface area contributed by atoms with E-state index in [0.717, 1.165) is 25.2 Å². The molecule has 0 fully saturated rings. The highest BCUT2D eigenvalue weighted by Crippen LogP contribution is 2.20. The number of rotatable bonds is 6. The van der Waals surface area contributed by atoms with E-state index >= 15 is 0 Å². The van der Waals surface area contributed by atoms with Gasteiger partial charge in [0, 0.05) is 29.3 Å². The number of nitrogens with zero attached hydrogens (tertiary/aromatic N) is 2. The van der Waals surface area contributed by atoms with E-state index in [9.17, 15) is 8.42 Å². The molecule has 1 heterocycles. The Hall–Kier alpha value is -0.810. The van der Waals surface area contributed by atoms with Crippen LogP contribution in [0.4, 0.5) is 0 Å². The van der Waals surface area contributed by atoms with E-state index in [0.29, 0.717) is 0 Å². The summed E-state index contributed by atoms with van der Waals surface area (Å²) in [5.41, 5.74) is 0. The Bertz CT molecular complexity index is 492. The number of hydrogen-bond acceptors (Lipinski definition) is 3. The van der Waals surface area contributed by atoms with Crippen molar-refractivity contribution in [2.24, 2.45) is 0 Å². The molecule has 0 spiro atoms. The van der Waals surface area contributed by atoms with Crippen molar-refractivity contribution < 1.29 is 8.42 Å². The fraction of sp³-hybridized carbons (Fsp3) is 0.545. The van der Waals surface area contributed by atoms with Crippen LogP contribution >= 0.6 is 10.7 Å². The molecule has 0 radical (unpaired) electrons. The molecule has 0 aliphatic rings. The minimum absolute atomic E-state index is 0.0681. The Labute approximate surface area is 107 Å². The standard InChI is InChI=1S/C11H17ClN2O2S/c1-4-5-6-7-14-8-10(17(12,15)16)13-11(14)9(2)3/h4,8-9H,1,5-7H2,2-3H3. The average molecular weight is 277 g/mol. The van der Waals surface area contributed by atoms with Crippen molar-refractivity contribution in [2.45, 2.75) is 44.2 Å². The summed E-state index contributed by atoms with van der Waals surface area (Å²) in [6, 6.07) is 0. The second kappa shape index (κ2) is 5.69. The zero-order valence-corrected chi connectivity index (χ0v) is 11.6. The Morgan fingerprint density at radius 1 is 1.59 bits per heavy atom. The lowest BCUT2D eigenvalue weighted by molar-refractivity contribution is 0.593. The SMILES string of the molecule is C=CCCCn1cc(S(=O)(=O)Cl)nc1C(C)C. The lowest BCUT2D eigenvalue weighted by Crippen LogP contribution is -2.04. The summed E-state index contributed by atoms with van der Waals surface area (Å²) in [4.78, 5) is 4.08. The monoisotopic (exact) mass is 276 g/mol. The zero-order valence-electron chi connectivity index (χ0n) is 10.1. The largest absolute Gasteiger partial charge is 0.333 e. The third-order valence-corrected chi connectivity index (χ3v) is 3.53. The molecule has 0 saturated heterocycles. The molecule has 96 valence electrons. The van der Waals surface area contributed by atoms with Gasteiger partial charge in [-0.3, -0.25) is 0 Å². The first kappa shape index (κ1) is 14.3. The molecular weight excluding hydrogens is 260 g/mol. The third-order valence-electron chi connectivity index (χ3n) is 2.36. The first-order chi connectivity index (χ1) is 7.86. The summed E-state index contributed by atoms with van der Waals surface area (Å²) in [7, 11) is 1.54. The first-order valence-corrected chi connectivity index (χ1v) is 7.79. The Morgan fingerprint density at radius 3 is 2.71 bits per heavy atom. The van der Waals surface area contributed by atoms with Crippen LogP contribution in [0.3, 0.4) is 0 Å². The van der Waals surface area contributed by atoms with Gasteiger partial charge in [-0.2, -0.15) is 0 Å². The minimum atomic E-state index is -3.75. The van der Waals surface area contributed by atoms with Gasteiger partial charge in [0.25, 0.3) is 9.05 Å². The van der Waals surface area contributed by atoms with Crippen molar-refractivity contribution in [1.82, 2.24) is 9.55 Å². The van der Waals surface area contributed by atoms with E-state index in [-0.39, 0.29) is 10.9 Å². The predicted octanol–water partition coefficient (Wildman–Crippen LogP) is 2.90. The molecule has 0 aliphatic carbocycles. The van der Waals surface area contributed by atoms with Gasteiger partial charge in [-0.05, 0) is 12.8 Å². The van der Waals surface area contributed by atoms with Crippen molar-refractivity contribution >= 4 is 19.7 Å². The number of aromatic nitrogens is 2. The number of allylic oxidation sites excluding steroid dienone is 1. The predicted molar refractivity (Wildman–Crippen MR) is 68.8 cm³/mol. The normalized spacial score (nSPS) is 12.0. The summed E-state index contributed by atoms with van der Waals surface area (Å²) in [6.45, 7) is 8.31. The van der Waals surface area contributed by atoms with E-state index < -0.39 is 9.05 Å². The van der Waals surface area contributed by atoms with E-state index in [1.807, 2.05) is 24.5 Å². The quantitative estimate of drug-likeness (QED) is 0.456. The molecule has 4 nitrogen and oxygen atoms in total. The van der Waals surface area contributed by atoms with Crippen LogP contribution < -0.4 is 0 Å². The highest BCUT2D eigenvalue weighted by atomic mass is 35.7. The molecule has 17 heavy (non-hydrogen) atoms. The summed E-state index contributed by atoms with van der Waals surface area (Å²) < 4.78 is 24.3. The van der Waals surface area contributed by atoms with E-state index in [4.69, 9.17) is 10.7 Å². The third kappa shape index (κ3) is 3.85. The van der Waals surface area contributed by atoms with Gasteiger partial charge in [-0.25, -0.2) is 13.4 Å². The van der Waals surface area contributed by atoms with Crippen LogP contribution in [0.5, 0.6) is 0 Å². The number of aryl methyl sites for hydroxylation is 1. The number of unbranched alkanes of at least 4 members (excludes halogenated alkanes) is 1. The van der Waals surface area contributed by atoms with E-state index in [1.54, 1.807) is 0 Å². The molecule has 0 unspecified atom stereocenters. The van der Waals surface area contributed by atoms with Crippen molar-refractivity contribution in [3.05, 3.63) is 24.7 Å². The van der Waals surface area contributed by atoms with Crippen LogP contribution in [0, 0.1) is 0 Å². The van der Waals surface area contributed by atoms with Crippen LogP contribution in [0.1, 0.15) is 38.4 Å². The highest BCUT2D eigenvalue weighted by molar-refractivity contribution is 8.13. The van der Waals surface area contributed by atoms with E-state index in [2.05, 4.69) is 11.6 Å². The topological polar surface area (TPSA) is 52.0 Å². The maximum atomic E-state index is 11.2. The lowest BCUT2D eigenvalue weighted by Gasteiger charge is -2.08. The number of imidazole rings is 1. The minimum Gasteiger partial charge on any atom is -0.333 e. The summed E-state index contributed by atoms with van der Waals surface area (Å²) in [5.74, 6) is 0.902. The first-order valence-electron chi connectivity index (χ1n) is 5.49. The molecule has 6 heteroatoms. The van der Waals surface area contributed by atoms with Crippen molar-refractivity contribution in [1.29, 1.82) is 0 Å². The average Bonchev–Trinajstić information content (AvgIpc) is 2.61. The molecular formula is C11H17ClN2O2S. The van der Waals surface area contributed by atoms with Gasteiger partial charge in [-0.1, -0.05) is 19.9 Å². The van der Waals surface area contributed by atoms with Gasteiger partial charge in [0.1, 0.15) is 5.82 Å². The summed E-state index contributed by atoms with van der Waals surface area (Å²) in [6.07, 6.45) is 5.13. The van der Waals surface area contributed by atoms with Crippen LogP contribution in [0.2, 0.25) is 0 Å². The molecule has 0 amide bonds. The van der Waals surface area contributed by atoms with Gasteiger partial charge in [-0.15, -0.1) is 6.58 Å². The molecule has 0 N–H and O–H groups in total. The highest BCUT2D eigenvalue weighted by Gasteiger charge is 2.19. The lowest BCUT2D eigenvalue weighted by atomic mass is 10.2. The van der Waals surface area contributed by atoms with E-state index in [1.165, 1.54) is 6.20 Å². The van der Waals surface area contributed by atoms with Crippen molar-refractivity contribution in [2.75, 3.05) is 0 Å². The smallest absolute Gasteiger partial charge is 0.280 e. The molecule has 0 atom stereocenters. The Kier molecular flexibility index (Phi) is 4.77. The van der Waals surface area contributed by atoms with Gasteiger partial charge < -0.3 is 4.57 Å². The fourth-order valence-electron chi connectivity index (χ4n) is 1.57. The number of hydrogen-bond donors (Lipinski definition) is 0.